The minimum absolute atomic E-state index is 0.0584. The van der Waals surface area contributed by atoms with Gasteiger partial charge in [0.2, 0.25) is 0 Å². The van der Waals surface area contributed by atoms with E-state index in [9.17, 15) is 4.79 Å². The number of hydrogen-bond acceptors (Lipinski definition) is 2. The molecule has 0 spiro atoms. The maximum Gasteiger partial charge on any atom is 0.186 e. The van der Waals surface area contributed by atoms with Gasteiger partial charge in [-0.3, -0.25) is 4.79 Å². The van der Waals surface area contributed by atoms with Gasteiger partial charge >= 0.3 is 0 Å². The number of hydrogen-bond donors (Lipinski definition) is 2. The predicted octanol–water partition coefficient (Wildman–Crippen LogP) is 1.75. The molecule has 0 unspecified atom stereocenters. The maximum atomic E-state index is 10.9. The Bertz CT molecular complexity index is 278. The second kappa shape index (κ2) is 5.41. The summed E-state index contributed by atoms with van der Waals surface area (Å²) in [5.41, 5.74) is 0.794. The van der Waals surface area contributed by atoms with Gasteiger partial charge in [-0.1, -0.05) is 13.8 Å². The highest BCUT2D eigenvalue weighted by molar-refractivity contribution is 5.33. The molecule has 0 amide bonds. The van der Waals surface area contributed by atoms with Crippen molar-refractivity contribution in [3.63, 3.8) is 0 Å². The molecule has 1 aromatic heterocycles. The molecule has 1 aromatic rings. The van der Waals surface area contributed by atoms with Gasteiger partial charge < -0.3 is 10.3 Å². The van der Waals surface area contributed by atoms with Gasteiger partial charge in [0.05, 0.1) is 0 Å². The van der Waals surface area contributed by atoms with Gasteiger partial charge in [0.25, 0.3) is 0 Å². The van der Waals surface area contributed by atoms with E-state index in [0.29, 0.717) is 0 Å². The van der Waals surface area contributed by atoms with Gasteiger partial charge in [-0.05, 0) is 6.92 Å². The van der Waals surface area contributed by atoms with E-state index in [-0.39, 0.29) is 5.43 Å². The normalized spacial score (nSPS) is 8.33. The third-order valence-electron chi connectivity index (χ3n) is 1.38. The molecule has 1 heterocycles. The van der Waals surface area contributed by atoms with E-state index in [1.54, 1.807) is 20.2 Å². The molecule has 0 bridgehead atoms. The molecule has 0 radical (unpaired) electrons. The van der Waals surface area contributed by atoms with Crippen LogP contribution in [0.15, 0.2) is 17.1 Å². The summed E-state index contributed by atoms with van der Waals surface area (Å²) >= 11 is 0. The van der Waals surface area contributed by atoms with E-state index in [4.69, 9.17) is 0 Å². The zero-order chi connectivity index (χ0) is 9.56. The molecule has 0 saturated carbocycles. The fraction of sp³-hybridized carbons (Fsp3) is 0.444. The highest BCUT2D eigenvalue weighted by Gasteiger charge is 1.92. The fourth-order valence-electron chi connectivity index (χ4n) is 0.688. The Labute approximate surface area is 72.8 Å². The average Bonchev–Trinajstić information content (AvgIpc) is 2.13. The van der Waals surface area contributed by atoms with Crippen LogP contribution in [0.2, 0.25) is 0 Å². The number of aromatic nitrogens is 1. The van der Waals surface area contributed by atoms with E-state index >= 15 is 0 Å². The highest BCUT2D eigenvalue weighted by Crippen LogP contribution is 1.95. The molecule has 0 saturated heterocycles. The first kappa shape index (κ1) is 10.8. The minimum Gasteiger partial charge on any atom is -0.375 e. The molecule has 0 aliphatic carbocycles. The second-order valence-electron chi connectivity index (χ2n) is 2.14. The molecule has 0 aliphatic rings. The highest BCUT2D eigenvalue weighted by atomic mass is 16.1. The van der Waals surface area contributed by atoms with Gasteiger partial charge in [-0.25, -0.2) is 0 Å². The molecule has 0 fully saturated rings. The van der Waals surface area contributed by atoms with Crippen LogP contribution in [0.4, 0.5) is 5.82 Å². The van der Waals surface area contributed by atoms with E-state index in [0.717, 1.165) is 11.4 Å². The van der Waals surface area contributed by atoms with E-state index in [1.807, 2.05) is 13.8 Å². The lowest BCUT2D eigenvalue weighted by atomic mass is 10.3. The van der Waals surface area contributed by atoms with Crippen LogP contribution >= 0.6 is 0 Å². The number of nitrogens with one attached hydrogen (secondary N) is 2. The number of aromatic amines is 1. The largest absolute Gasteiger partial charge is 0.375 e. The molecule has 3 heteroatoms. The molecule has 3 nitrogen and oxygen atoms in total. The molecule has 0 aliphatic heterocycles. The summed E-state index contributed by atoms with van der Waals surface area (Å²) in [6.07, 6.45) is 1.69. The molecule has 12 heavy (non-hydrogen) atoms. The summed E-state index contributed by atoms with van der Waals surface area (Å²) in [5, 5.41) is 2.84. The van der Waals surface area contributed by atoms with Crippen molar-refractivity contribution in [1.82, 2.24) is 4.98 Å². The van der Waals surface area contributed by atoms with Crippen molar-refractivity contribution in [1.29, 1.82) is 0 Å². The number of rotatable bonds is 1. The summed E-state index contributed by atoms with van der Waals surface area (Å²) in [6, 6.07) is 1.54. The summed E-state index contributed by atoms with van der Waals surface area (Å²) in [4.78, 5) is 13.9. The first-order valence-corrected chi connectivity index (χ1v) is 4.11. The van der Waals surface area contributed by atoms with Crippen molar-refractivity contribution < 1.29 is 0 Å². The Balaban J connectivity index is 0.000000561. The summed E-state index contributed by atoms with van der Waals surface area (Å²) in [5.74, 6) is 0.746. The zero-order valence-electron chi connectivity index (χ0n) is 8.06. The number of anilines is 1. The molecule has 2 N–H and O–H groups in total. The van der Waals surface area contributed by atoms with Gasteiger partial charge in [-0.15, -0.1) is 0 Å². The minimum atomic E-state index is 0.0584. The van der Waals surface area contributed by atoms with Crippen LogP contribution in [0, 0.1) is 6.92 Å². The monoisotopic (exact) mass is 168 g/mol. The Kier molecular flexibility index (Phi) is 4.84. The van der Waals surface area contributed by atoms with Crippen molar-refractivity contribution >= 4 is 5.82 Å². The molecule has 1 rings (SSSR count). The molecule has 68 valence electrons. The maximum absolute atomic E-state index is 10.9. The SMILES string of the molecule is CC.CNc1cc(=O)c(C)c[nH]1. The second-order valence-corrected chi connectivity index (χ2v) is 2.14. The third-order valence-corrected chi connectivity index (χ3v) is 1.38. The fourth-order valence-corrected chi connectivity index (χ4v) is 0.688. The Morgan fingerprint density at radius 1 is 1.42 bits per heavy atom. The lowest BCUT2D eigenvalue weighted by Crippen LogP contribution is -2.06. The Hall–Kier alpha value is -1.25. The van der Waals surface area contributed by atoms with Gasteiger partial charge in [0.15, 0.2) is 5.43 Å². The van der Waals surface area contributed by atoms with Crippen molar-refractivity contribution in [2.75, 3.05) is 12.4 Å². The topological polar surface area (TPSA) is 44.9 Å². The third kappa shape index (κ3) is 2.78. The van der Waals surface area contributed by atoms with E-state index < -0.39 is 0 Å². The van der Waals surface area contributed by atoms with E-state index in [1.165, 1.54) is 6.07 Å². The molecular weight excluding hydrogens is 152 g/mol. The molecule has 0 aromatic carbocycles. The lowest BCUT2D eigenvalue weighted by Gasteiger charge is -1.97. The van der Waals surface area contributed by atoms with E-state index in [2.05, 4.69) is 10.3 Å². The predicted molar refractivity (Wildman–Crippen MR) is 52.7 cm³/mol. The summed E-state index contributed by atoms with van der Waals surface area (Å²) in [6.45, 7) is 5.78. The van der Waals surface area contributed by atoms with Crippen LogP contribution in [0.3, 0.4) is 0 Å². The van der Waals surface area contributed by atoms with Crippen LogP contribution in [-0.2, 0) is 0 Å². The Morgan fingerprint density at radius 2 is 2.00 bits per heavy atom. The van der Waals surface area contributed by atoms with Crippen LogP contribution in [0.5, 0.6) is 0 Å². The average molecular weight is 168 g/mol. The number of pyridine rings is 1. The van der Waals surface area contributed by atoms with Gasteiger partial charge in [-0.2, -0.15) is 0 Å². The first-order valence-electron chi connectivity index (χ1n) is 4.11. The standard InChI is InChI=1S/C7H10N2O.C2H6/c1-5-4-9-7(8-2)3-6(5)10;1-2/h3-4H,1-2H3,(H2,8,9,10);1-2H3. The lowest BCUT2D eigenvalue weighted by molar-refractivity contribution is 1.22. The molecular formula is C9H16N2O. The van der Waals surface area contributed by atoms with Crippen molar-refractivity contribution in [2.24, 2.45) is 0 Å². The Morgan fingerprint density at radius 3 is 2.42 bits per heavy atom. The van der Waals surface area contributed by atoms with Gasteiger partial charge in [0, 0.05) is 24.9 Å². The summed E-state index contributed by atoms with van der Waals surface area (Å²) < 4.78 is 0. The van der Waals surface area contributed by atoms with Crippen molar-refractivity contribution in [3.05, 3.63) is 28.0 Å². The zero-order valence-corrected chi connectivity index (χ0v) is 8.06. The van der Waals surface area contributed by atoms with Crippen molar-refractivity contribution in [3.8, 4) is 0 Å². The van der Waals surface area contributed by atoms with Crippen LogP contribution in [0.25, 0.3) is 0 Å². The smallest absolute Gasteiger partial charge is 0.186 e. The summed E-state index contributed by atoms with van der Waals surface area (Å²) in [7, 11) is 1.76. The van der Waals surface area contributed by atoms with Gasteiger partial charge in [0.1, 0.15) is 5.82 Å². The van der Waals surface area contributed by atoms with Crippen LogP contribution in [-0.4, -0.2) is 12.0 Å². The van der Waals surface area contributed by atoms with Crippen LogP contribution < -0.4 is 10.7 Å². The quantitative estimate of drug-likeness (QED) is 0.671. The number of H-pyrrole nitrogens is 1. The first-order chi connectivity index (χ1) is 5.74. The number of aryl methyl sites for hydroxylation is 1. The van der Waals surface area contributed by atoms with Crippen molar-refractivity contribution in [2.45, 2.75) is 20.8 Å². The van der Waals surface area contributed by atoms with Crippen LogP contribution in [0.1, 0.15) is 19.4 Å². The molecule has 0 atom stereocenters.